The third kappa shape index (κ3) is 3.69. The van der Waals surface area contributed by atoms with Gasteiger partial charge in [-0.25, -0.2) is 0 Å². The number of hydrogen-bond donors (Lipinski definition) is 2. The third-order valence-electron chi connectivity index (χ3n) is 3.71. The molecule has 0 atom stereocenters. The lowest BCUT2D eigenvalue weighted by Crippen LogP contribution is -2.32. The summed E-state index contributed by atoms with van der Waals surface area (Å²) in [5, 5.41) is 5.54. The van der Waals surface area contributed by atoms with Crippen LogP contribution in [0, 0.1) is 6.92 Å². The molecule has 1 aliphatic rings. The Hall–Kier alpha value is -2.82. The predicted octanol–water partition coefficient (Wildman–Crippen LogP) is 2.30. The molecule has 0 radical (unpaired) electrons. The lowest BCUT2D eigenvalue weighted by atomic mass is 10.00. The number of aryl methyl sites for hydroxylation is 1. The van der Waals surface area contributed by atoms with Gasteiger partial charge < -0.3 is 15.4 Å². The van der Waals surface area contributed by atoms with Gasteiger partial charge >= 0.3 is 0 Å². The highest BCUT2D eigenvalue weighted by molar-refractivity contribution is 5.99. The second-order valence-electron chi connectivity index (χ2n) is 5.53. The first-order valence-corrected chi connectivity index (χ1v) is 7.52. The van der Waals surface area contributed by atoms with Crippen molar-refractivity contribution in [1.29, 1.82) is 0 Å². The van der Waals surface area contributed by atoms with Crippen LogP contribution in [0.4, 0.5) is 5.69 Å². The van der Waals surface area contributed by atoms with Crippen molar-refractivity contribution in [2.24, 2.45) is 0 Å². The van der Waals surface area contributed by atoms with Crippen LogP contribution >= 0.6 is 0 Å². The molecule has 2 aromatic rings. The highest BCUT2D eigenvalue weighted by Gasteiger charge is 2.17. The van der Waals surface area contributed by atoms with Crippen molar-refractivity contribution < 1.29 is 14.3 Å². The molecule has 0 aromatic heterocycles. The molecule has 5 nitrogen and oxygen atoms in total. The van der Waals surface area contributed by atoms with Gasteiger partial charge in [-0.2, -0.15) is 0 Å². The van der Waals surface area contributed by atoms with E-state index in [0.717, 1.165) is 17.5 Å². The zero-order chi connectivity index (χ0) is 16.2. The number of carbonyl (C=O) groups is 2. The topological polar surface area (TPSA) is 67.4 Å². The Labute approximate surface area is 134 Å². The molecule has 0 spiro atoms. The highest BCUT2D eigenvalue weighted by atomic mass is 16.5. The van der Waals surface area contributed by atoms with Crippen LogP contribution in [0.1, 0.15) is 21.5 Å². The van der Waals surface area contributed by atoms with Crippen LogP contribution in [0.2, 0.25) is 0 Å². The number of benzene rings is 2. The van der Waals surface area contributed by atoms with E-state index in [1.165, 1.54) is 0 Å². The monoisotopic (exact) mass is 310 g/mol. The number of hydrogen-bond acceptors (Lipinski definition) is 3. The maximum absolute atomic E-state index is 12.0. The number of ether oxygens (including phenoxy) is 1. The van der Waals surface area contributed by atoms with Gasteiger partial charge in [0, 0.05) is 17.8 Å². The molecule has 0 fully saturated rings. The Morgan fingerprint density at radius 3 is 2.78 bits per heavy atom. The zero-order valence-electron chi connectivity index (χ0n) is 12.9. The Morgan fingerprint density at radius 1 is 1.22 bits per heavy atom. The largest absolute Gasteiger partial charge is 0.484 e. The number of amides is 2. The minimum Gasteiger partial charge on any atom is -0.484 e. The van der Waals surface area contributed by atoms with E-state index in [0.29, 0.717) is 23.5 Å². The van der Waals surface area contributed by atoms with E-state index >= 15 is 0 Å². The Bertz CT molecular complexity index is 738. The smallest absolute Gasteiger partial charge is 0.262 e. The average molecular weight is 310 g/mol. The second-order valence-corrected chi connectivity index (χ2v) is 5.53. The van der Waals surface area contributed by atoms with Gasteiger partial charge in [0.05, 0.1) is 0 Å². The molecule has 0 unspecified atom stereocenters. The first-order valence-electron chi connectivity index (χ1n) is 7.52. The van der Waals surface area contributed by atoms with Crippen molar-refractivity contribution in [1.82, 2.24) is 5.32 Å². The first-order chi connectivity index (χ1) is 11.1. The van der Waals surface area contributed by atoms with Crippen LogP contribution in [0.25, 0.3) is 0 Å². The molecule has 23 heavy (non-hydrogen) atoms. The summed E-state index contributed by atoms with van der Waals surface area (Å²) in [7, 11) is 0. The minimum absolute atomic E-state index is 0.0770. The van der Waals surface area contributed by atoms with E-state index in [1.807, 2.05) is 37.3 Å². The SMILES string of the molecule is Cc1ccc(OCC(=O)Nc2ccc3c(c2)C(=O)NCC3)cc1. The molecule has 1 aliphatic heterocycles. The van der Waals surface area contributed by atoms with E-state index < -0.39 is 0 Å². The van der Waals surface area contributed by atoms with Crippen molar-refractivity contribution in [3.8, 4) is 5.75 Å². The van der Waals surface area contributed by atoms with E-state index in [4.69, 9.17) is 4.74 Å². The molecular formula is C18H18N2O3. The van der Waals surface area contributed by atoms with Crippen LogP contribution in [0.5, 0.6) is 5.75 Å². The van der Waals surface area contributed by atoms with E-state index in [9.17, 15) is 9.59 Å². The average Bonchev–Trinajstić information content (AvgIpc) is 2.55. The van der Waals surface area contributed by atoms with Crippen molar-refractivity contribution in [2.75, 3.05) is 18.5 Å². The number of nitrogens with one attached hydrogen (secondary N) is 2. The Balaban J connectivity index is 1.60. The summed E-state index contributed by atoms with van der Waals surface area (Å²) in [6.45, 7) is 2.57. The maximum Gasteiger partial charge on any atom is 0.262 e. The molecule has 0 saturated heterocycles. The van der Waals surface area contributed by atoms with Crippen LogP contribution in [0.3, 0.4) is 0 Å². The molecule has 3 rings (SSSR count). The molecule has 118 valence electrons. The van der Waals surface area contributed by atoms with E-state index in [1.54, 1.807) is 12.1 Å². The number of fused-ring (bicyclic) bond motifs is 1. The molecule has 2 amide bonds. The molecule has 5 heteroatoms. The number of anilines is 1. The fraction of sp³-hybridized carbons (Fsp3) is 0.222. The van der Waals surface area contributed by atoms with E-state index in [2.05, 4.69) is 10.6 Å². The zero-order valence-corrected chi connectivity index (χ0v) is 12.9. The minimum atomic E-state index is -0.262. The van der Waals surface area contributed by atoms with Gasteiger partial charge in [0.1, 0.15) is 5.75 Å². The van der Waals surface area contributed by atoms with Crippen LogP contribution in [-0.4, -0.2) is 25.0 Å². The van der Waals surface area contributed by atoms with Gasteiger partial charge in [0.2, 0.25) is 0 Å². The summed E-state index contributed by atoms with van der Waals surface area (Å²) in [6, 6.07) is 12.9. The van der Waals surface area contributed by atoms with Gasteiger partial charge in [-0.1, -0.05) is 23.8 Å². The maximum atomic E-state index is 12.0. The van der Waals surface area contributed by atoms with Crippen molar-refractivity contribution in [3.05, 3.63) is 59.2 Å². The summed E-state index contributed by atoms with van der Waals surface area (Å²) < 4.78 is 5.44. The van der Waals surface area contributed by atoms with Crippen LogP contribution in [0.15, 0.2) is 42.5 Å². The lowest BCUT2D eigenvalue weighted by molar-refractivity contribution is -0.118. The van der Waals surface area contributed by atoms with Crippen molar-refractivity contribution in [3.63, 3.8) is 0 Å². The lowest BCUT2D eigenvalue weighted by Gasteiger charge is -2.17. The van der Waals surface area contributed by atoms with Gasteiger partial charge in [-0.05, 0) is 43.2 Å². The van der Waals surface area contributed by atoms with Gasteiger partial charge in [-0.15, -0.1) is 0 Å². The molecule has 2 N–H and O–H groups in total. The summed E-state index contributed by atoms with van der Waals surface area (Å²) >= 11 is 0. The number of carbonyl (C=O) groups excluding carboxylic acids is 2. The van der Waals surface area contributed by atoms with Gasteiger partial charge in [-0.3, -0.25) is 9.59 Å². The van der Waals surface area contributed by atoms with Crippen LogP contribution < -0.4 is 15.4 Å². The van der Waals surface area contributed by atoms with Crippen molar-refractivity contribution in [2.45, 2.75) is 13.3 Å². The summed E-state index contributed by atoms with van der Waals surface area (Å²) in [5.41, 5.74) is 3.35. The fourth-order valence-corrected chi connectivity index (χ4v) is 2.47. The fourth-order valence-electron chi connectivity index (χ4n) is 2.47. The van der Waals surface area contributed by atoms with Gasteiger partial charge in [0.15, 0.2) is 6.61 Å². The molecule has 2 aromatic carbocycles. The standard InChI is InChI=1S/C18H18N2O3/c1-12-2-6-15(7-3-12)23-11-17(21)20-14-5-4-13-8-9-19-18(22)16(13)10-14/h2-7,10H,8-9,11H2,1H3,(H,19,22)(H,20,21). The highest BCUT2D eigenvalue weighted by Crippen LogP contribution is 2.19. The Morgan fingerprint density at radius 2 is 2.00 bits per heavy atom. The third-order valence-corrected chi connectivity index (χ3v) is 3.71. The molecule has 1 heterocycles. The van der Waals surface area contributed by atoms with Crippen molar-refractivity contribution >= 4 is 17.5 Å². The molecule has 0 saturated carbocycles. The van der Waals surface area contributed by atoms with Gasteiger partial charge in [0.25, 0.3) is 11.8 Å². The predicted molar refractivity (Wildman–Crippen MR) is 87.8 cm³/mol. The summed E-state index contributed by atoms with van der Waals surface area (Å²) in [6.07, 6.45) is 0.811. The number of rotatable bonds is 4. The molecule has 0 bridgehead atoms. The molecular weight excluding hydrogens is 292 g/mol. The quantitative estimate of drug-likeness (QED) is 0.910. The normalized spacial score (nSPS) is 13.0. The second kappa shape index (κ2) is 6.52. The summed E-state index contributed by atoms with van der Waals surface area (Å²) in [5.74, 6) is 0.288. The first kappa shape index (κ1) is 15.1. The summed E-state index contributed by atoms with van der Waals surface area (Å²) in [4.78, 5) is 23.8. The Kier molecular flexibility index (Phi) is 4.28. The molecule has 0 aliphatic carbocycles. The van der Waals surface area contributed by atoms with Crippen LogP contribution in [-0.2, 0) is 11.2 Å². The van der Waals surface area contributed by atoms with E-state index in [-0.39, 0.29) is 18.4 Å².